The molecule has 0 bridgehead atoms. The standard InChI is InChI=1S/C16H15FN2O4S/c1-10(20)18-12-6-7-14(17)15(9-12)19-16(21)11-4-3-5-13(8-11)24(2,22)23/h3-9H,1-2H3,(H,18,20)(H,19,21). The second kappa shape index (κ2) is 6.79. The van der Waals surface area contributed by atoms with Crippen molar-refractivity contribution >= 4 is 33.0 Å². The second-order valence-electron chi connectivity index (χ2n) is 5.13. The molecule has 0 aliphatic heterocycles. The van der Waals surface area contributed by atoms with Gasteiger partial charge in [-0.1, -0.05) is 6.07 Å². The molecule has 0 aliphatic rings. The number of halogens is 1. The van der Waals surface area contributed by atoms with Crippen molar-refractivity contribution in [2.75, 3.05) is 16.9 Å². The van der Waals surface area contributed by atoms with E-state index in [4.69, 9.17) is 0 Å². The number of sulfone groups is 1. The molecule has 6 nitrogen and oxygen atoms in total. The predicted octanol–water partition coefficient (Wildman–Crippen LogP) is 2.44. The molecule has 0 radical (unpaired) electrons. The van der Waals surface area contributed by atoms with Crippen LogP contribution < -0.4 is 10.6 Å². The van der Waals surface area contributed by atoms with E-state index in [1.54, 1.807) is 0 Å². The van der Waals surface area contributed by atoms with Gasteiger partial charge < -0.3 is 10.6 Å². The van der Waals surface area contributed by atoms with E-state index in [9.17, 15) is 22.4 Å². The van der Waals surface area contributed by atoms with E-state index in [0.29, 0.717) is 5.69 Å². The average Bonchev–Trinajstić information content (AvgIpc) is 2.49. The molecule has 0 spiro atoms. The smallest absolute Gasteiger partial charge is 0.255 e. The van der Waals surface area contributed by atoms with E-state index < -0.39 is 21.6 Å². The maximum Gasteiger partial charge on any atom is 0.255 e. The molecule has 2 aromatic rings. The molecule has 2 rings (SSSR count). The molecule has 2 N–H and O–H groups in total. The molecule has 2 amide bonds. The SMILES string of the molecule is CC(=O)Nc1ccc(F)c(NC(=O)c2cccc(S(C)(=O)=O)c2)c1. The van der Waals surface area contributed by atoms with Gasteiger partial charge in [-0.2, -0.15) is 0 Å². The minimum Gasteiger partial charge on any atom is -0.326 e. The zero-order chi connectivity index (χ0) is 17.9. The Morgan fingerprint density at radius 2 is 1.75 bits per heavy atom. The zero-order valence-electron chi connectivity index (χ0n) is 13.0. The molecule has 0 unspecified atom stereocenters. The van der Waals surface area contributed by atoms with Gasteiger partial charge in [0, 0.05) is 24.4 Å². The Labute approximate surface area is 138 Å². The van der Waals surface area contributed by atoms with Crippen LogP contribution in [-0.4, -0.2) is 26.5 Å². The van der Waals surface area contributed by atoms with Crippen LogP contribution in [0, 0.1) is 5.82 Å². The first-order valence-corrected chi connectivity index (χ1v) is 8.74. The monoisotopic (exact) mass is 350 g/mol. The summed E-state index contributed by atoms with van der Waals surface area (Å²) in [6, 6.07) is 9.15. The number of rotatable bonds is 4. The Kier molecular flexibility index (Phi) is 4.99. The first-order chi connectivity index (χ1) is 11.2. The summed E-state index contributed by atoms with van der Waals surface area (Å²) in [5.74, 6) is -1.68. The van der Waals surface area contributed by atoms with Gasteiger partial charge in [0.15, 0.2) is 9.84 Å². The fourth-order valence-corrected chi connectivity index (χ4v) is 2.63. The van der Waals surface area contributed by atoms with E-state index >= 15 is 0 Å². The van der Waals surface area contributed by atoms with Crippen molar-refractivity contribution in [3.63, 3.8) is 0 Å². The summed E-state index contributed by atoms with van der Waals surface area (Å²) in [4.78, 5) is 23.2. The molecule has 0 aromatic heterocycles. The maximum absolute atomic E-state index is 13.8. The average molecular weight is 350 g/mol. The van der Waals surface area contributed by atoms with Crippen LogP contribution in [0.25, 0.3) is 0 Å². The molecule has 2 aromatic carbocycles. The topological polar surface area (TPSA) is 92.3 Å². The van der Waals surface area contributed by atoms with E-state index in [1.807, 2.05) is 0 Å². The van der Waals surface area contributed by atoms with Crippen LogP contribution in [0.3, 0.4) is 0 Å². The van der Waals surface area contributed by atoms with E-state index in [-0.39, 0.29) is 22.1 Å². The molecule has 24 heavy (non-hydrogen) atoms. The van der Waals surface area contributed by atoms with Crippen molar-refractivity contribution in [3.8, 4) is 0 Å². The van der Waals surface area contributed by atoms with E-state index in [0.717, 1.165) is 12.3 Å². The molecule has 0 aliphatic carbocycles. The van der Waals surface area contributed by atoms with Crippen LogP contribution in [0.4, 0.5) is 15.8 Å². The highest BCUT2D eigenvalue weighted by Crippen LogP contribution is 2.21. The Bertz CT molecular complexity index is 910. The molecule has 126 valence electrons. The Morgan fingerprint density at radius 1 is 1.04 bits per heavy atom. The first kappa shape index (κ1) is 17.6. The summed E-state index contributed by atoms with van der Waals surface area (Å²) in [6.07, 6.45) is 1.03. The lowest BCUT2D eigenvalue weighted by atomic mass is 10.2. The van der Waals surface area contributed by atoms with Crippen LogP contribution in [0.15, 0.2) is 47.4 Å². The molecule has 0 atom stereocenters. The number of amides is 2. The van der Waals surface area contributed by atoms with Gasteiger partial charge in [0.05, 0.1) is 10.6 Å². The van der Waals surface area contributed by atoms with Crippen molar-refractivity contribution in [1.29, 1.82) is 0 Å². The Balaban J connectivity index is 2.28. The molecular formula is C16H15FN2O4S. The summed E-state index contributed by atoms with van der Waals surface area (Å²) in [7, 11) is -3.46. The van der Waals surface area contributed by atoms with Crippen LogP contribution in [0.1, 0.15) is 17.3 Å². The minimum atomic E-state index is -3.46. The lowest BCUT2D eigenvalue weighted by Gasteiger charge is -2.10. The molecular weight excluding hydrogens is 335 g/mol. The van der Waals surface area contributed by atoms with Gasteiger partial charge in [0.2, 0.25) is 5.91 Å². The number of carbonyl (C=O) groups excluding carboxylic acids is 2. The first-order valence-electron chi connectivity index (χ1n) is 6.85. The number of hydrogen-bond acceptors (Lipinski definition) is 4. The maximum atomic E-state index is 13.8. The fraction of sp³-hybridized carbons (Fsp3) is 0.125. The van der Waals surface area contributed by atoms with Gasteiger partial charge in [-0.05, 0) is 36.4 Å². The molecule has 0 saturated heterocycles. The largest absolute Gasteiger partial charge is 0.326 e. The Morgan fingerprint density at radius 3 is 2.38 bits per heavy atom. The number of benzene rings is 2. The third-order valence-electron chi connectivity index (χ3n) is 3.06. The summed E-state index contributed by atoms with van der Waals surface area (Å²) >= 11 is 0. The van der Waals surface area contributed by atoms with Crippen LogP contribution >= 0.6 is 0 Å². The van der Waals surface area contributed by atoms with Crippen LogP contribution in [-0.2, 0) is 14.6 Å². The summed E-state index contributed by atoms with van der Waals surface area (Å²) < 4.78 is 36.9. The van der Waals surface area contributed by atoms with E-state index in [2.05, 4.69) is 10.6 Å². The lowest BCUT2D eigenvalue weighted by Crippen LogP contribution is -2.14. The number of carbonyl (C=O) groups is 2. The van der Waals surface area contributed by atoms with Gasteiger partial charge in [-0.3, -0.25) is 9.59 Å². The van der Waals surface area contributed by atoms with Gasteiger partial charge in [0.25, 0.3) is 5.91 Å². The molecule has 8 heteroatoms. The summed E-state index contributed by atoms with van der Waals surface area (Å²) in [5, 5.41) is 4.84. The van der Waals surface area contributed by atoms with Gasteiger partial charge in [0.1, 0.15) is 5.82 Å². The lowest BCUT2D eigenvalue weighted by molar-refractivity contribution is -0.114. The van der Waals surface area contributed by atoms with Crippen molar-refractivity contribution in [3.05, 3.63) is 53.8 Å². The normalized spacial score (nSPS) is 11.0. The van der Waals surface area contributed by atoms with E-state index in [1.165, 1.54) is 43.3 Å². The quantitative estimate of drug-likeness (QED) is 0.886. The molecule has 0 saturated carbocycles. The minimum absolute atomic E-state index is 0.0115. The number of hydrogen-bond donors (Lipinski definition) is 2. The molecule has 0 heterocycles. The van der Waals surface area contributed by atoms with Crippen molar-refractivity contribution in [1.82, 2.24) is 0 Å². The highest BCUT2D eigenvalue weighted by molar-refractivity contribution is 7.90. The van der Waals surface area contributed by atoms with Crippen LogP contribution in [0.5, 0.6) is 0 Å². The Hall–Kier alpha value is -2.74. The van der Waals surface area contributed by atoms with Crippen molar-refractivity contribution in [2.45, 2.75) is 11.8 Å². The van der Waals surface area contributed by atoms with Crippen LogP contribution in [0.2, 0.25) is 0 Å². The summed E-state index contributed by atoms with van der Waals surface area (Å²) in [6.45, 7) is 1.30. The number of anilines is 2. The fourth-order valence-electron chi connectivity index (χ4n) is 1.96. The third-order valence-corrected chi connectivity index (χ3v) is 4.17. The predicted molar refractivity (Wildman–Crippen MR) is 88.2 cm³/mol. The third kappa shape index (κ3) is 4.39. The highest BCUT2D eigenvalue weighted by atomic mass is 32.2. The van der Waals surface area contributed by atoms with Gasteiger partial charge in [-0.15, -0.1) is 0 Å². The molecule has 0 fully saturated rings. The highest BCUT2D eigenvalue weighted by Gasteiger charge is 2.14. The number of nitrogens with one attached hydrogen (secondary N) is 2. The zero-order valence-corrected chi connectivity index (χ0v) is 13.8. The summed E-state index contributed by atoms with van der Waals surface area (Å²) in [5.41, 5.74) is 0.266. The van der Waals surface area contributed by atoms with Crippen molar-refractivity contribution in [2.24, 2.45) is 0 Å². The van der Waals surface area contributed by atoms with Gasteiger partial charge >= 0.3 is 0 Å². The van der Waals surface area contributed by atoms with Crippen molar-refractivity contribution < 1.29 is 22.4 Å². The van der Waals surface area contributed by atoms with Gasteiger partial charge in [-0.25, -0.2) is 12.8 Å². The second-order valence-corrected chi connectivity index (χ2v) is 7.15.